The molecule has 0 saturated heterocycles. The second-order valence-corrected chi connectivity index (χ2v) is 4.74. The van der Waals surface area contributed by atoms with E-state index in [0.29, 0.717) is 13.0 Å². The second-order valence-electron chi connectivity index (χ2n) is 3.73. The van der Waals surface area contributed by atoms with E-state index >= 15 is 0 Å². The van der Waals surface area contributed by atoms with Gasteiger partial charge in [-0.2, -0.15) is 0 Å². The number of rotatable bonds is 5. The van der Waals surface area contributed by atoms with Gasteiger partial charge in [0.05, 0.1) is 16.8 Å². The third kappa shape index (κ3) is 2.96. The molecule has 5 nitrogen and oxygen atoms in total. The second kappa shape index (κ2) is 5.79. The fourth-order valence-electron chi connectivity index (χ4n) is 1.44. The summed E-state index contributed by atoms with van der Waals surface area (Å²) >= 11 is 1.52. The number of hydrazine groups is 1. The van der Waals surface area contributed by atoms with E-state index in [1.54, 1.807) is 6.92 Å². The number of nitrogens with two attached hydrogens (primary N) is 1. The van der Waals surface area contributed by atoms with Crippen LogP contribution < -0.4 is 10.9 Å². The van der Waals surface area contributed by atoms with Crippen molar-refractivity contribution in [3.63, 3.8) is 0 Å². The number of aromatic nitrogens is 1. The molecule has 0 aliphatic heterocycles. The van der Waals surface area contributed by atoms with Gasteiger partial charge < -0.3 is 4.74 Å². The molecular formula is C12H15N3O2S. The summed E-state index contributed by atoms with van der Waals surface area (Å²) in [6.45, 7) is 2.47. The largest absolute Gasteiger partial charge is 0.464 e. The van der Waals surface area contributed by atoms with Gasteiger partial charge in [-0.1, -0.05) is 30.4 Å². The zero-order valence-electron chi connectivity index (χ0n) is 10.1. The Labute approximate surface area is 109 Å². The quantitative estimate of drug-likeness (QED) is 0.508. The molecule has 0 spiro atoms. The molecule has 0 fully saturated rings. The number of hydrogen-bond acceptors (Lipinski definition) is 6. The number of esters is 1. The molecule has 96 valence electrons. The molecule has 18 heavy (non-hydrogen) atoms. The zero-order valence-corrected chi connectivity index (χ0v) is 10.9. The van der Waals surface area contributed by atoms with E-state index in [4.69, 9.17) is 10.6 Å². The van der Waals surface area contributed by atoms with Crippen molar-refractivity contribution in [2.24, 2.45) is 5.84 Å². The van der Waals surface area contributed by atoms with Crippen molar-refractivity contribution in [1.29, 1.82) is 0 Å². The Hall–Kier alpha value is -1.66. The summed E-state index contributed by atoms with van der Waals surface area (Å²) in [4.78, 5) is 15.4. The van der Waals surface area contributed by atoms with Crippen LogP contribution in [0.4, 0.5) is 5.13 Å². The van der Waals surface area contributed by atoms with E-state index in [1.165, 1.54) is 16.3 Å². The summed E-state index contributed by atoms with van der Waals surface area (Å²) in [7, 11) is 0. The lowest BCUT2D eigenvalue weighted by molar-refractivity contribution is -0.142. The van der Waals surface area contributed by atoms with Gasteiger partial charge in [0, 0.05) is 6.42 Å². The van der Waals surface area contributed by atoms with Crippen LogP contribution >= 0.6 is 11.3 Å². The van der Waals surface area contributed by atoms with Crippen molar-refractivity contribution in [3.05, 3.63) is 24.3 Å². The number of hydrogen-bond donors (Lipinski definition) is 1. The number of para-hydroxylation sites is 1. The molecule has 0 radical (unpaired) electrons. The van der Waals surface area contributed by atoms with E-state index in [9.17, 15) is 4.79 Å². The fraction of sp³-hybridized carbons (Fsp3) is 0.333. The topological polar surface area (TPSA) is 68.5 Å². The monoisotopic (exact) mass is 265 g/mol. The van der Waals surface area contributed by atoms with Crippen molar-refractivity contribution >= 4 is 32.7 Å². The lowest BCUT2D eigenvalue weighted by atomic mass is 10.3. The van der Waals surface area contributed by atoms with Gasteiger partial charge >= 0.3 is 5.97 Å². The maximum Gasteiger partial charge on any atom is 0.305 e. The van der Waals surface area contributed by atoms with Crippen molar-refractivity contribution in [2.45, 2.75) is 13.3 Å². The first-order chi connectivity index (χ1) is 8.70. The minimum atomic E-state index is -0.215. The van der Waals surface area contributed by atoms with Gasteiger partial charge in [-0.15, -0.1) is 0 Å². The zero-order chi connectivity index (χ0) is 13.0. The standard InChI is InChI=1S/C12H15N3O2S/c1-2-11(16)17-8-7-15(13)12-14-9-5-3-4-6-10(9)18-12/h3-6H,2,7-8,13H2,1H3. The lowest BCUT2D eigenvalue weighted by Crippen LogP contribution is -2.34. The van der Waals surface area contributed by atoms with Gasteiger partial charge in [0.15, 0.2) is 0 Å². The molecule has 2 N–H and O–H groups in total. The Kier molecular flexibility index (Phi) is 4.11. The maximum atomic E-state index is 11.0. The molecule has 0 aliphatic carbocycles. The van der Waals surface area contributed by atoms with E-state index in [-0.39, 0.29) is 12.6 Å². The highest BCUT2D eigenvalue weighted by Crippen LogP contribution is 2.26. The van der Waals surface area contributed by atoms with E-state index in [2.05, 4.69) is 4.98 Å². The van der Waals surface area contributed by atoms with Crippen LogP contribution in [0, 0.1) is 0 Å². The molecule has 2 rings (SSSR count). The van der Waals surface area contributed by atoms with Crippen molar-refractivity contribution in [1.82, 2.24) is 4.98 Å². The summed E-state index contributed by atoms with van der Waals surface area (Å²) in [5, 5.41) is 2.23. The smallest absolute Gasteiger partial charge is 0.305 e. The molecule has 1 aromatic heterocycles. The number of ether oxygens (including phenoxy) is 1. The van der Waals surface area contributed by atoms with Gasteiger partial charge in [0.1, 0.15) is 6.61 Å². The van der Waals surface area contributed by atoms with Crippen LogP contribution in [-0.2, 0) is 9.53 Å². The minimum Gasteiger partial charge on any atom is -0.464 e. The molecular weight excluding hydrogens is 250 g/mol. The average molecular weight is 265 g/mol. The molecule has 0 atom stereocenters. The number of anilines is 1. The Morgan fingerprint density at radius 2 is 2.28 bits per heavy atom. The molecule has 0 unspecified atom stereocenters. The minimum absolute atomic E-state index is 0.215. The van der Waals surface area contributed by atoms with Crippen molar-refractivity contribution in [3.8, 4) is 0 Å². The van der Waals surface area contributed by atoms with Gasteiger partial charge in [0.25, 0.3) is 0 Å². The highest BCUT2D eigenvalue weighted by molar-refractivity contribution is 7.22. The van der Waals surface area contributed by atoms with Gasteiger partial charge in [-0.05, 0) is 12.1 Å². The number of carbonyl (C=O) groups is 1. The molecule has 0 amide bonds. The average Bonchev–Trinajstić information content (AvgIpc) is 2.82. The number of fused-ring (bicyclic) bond motifs is 1. The predicted molar refractivity (Wildman–Crippen MR) is 72.4 cm³/mol. The first-order valence-electron chi connectivity index (χ1n) is 5.74. The van der Waals surface area contributed by atoms with E-state index in [0.717, 1.165) is 15.3 Å². The van der Waals surface area contributed by atoms with Crippen LogP contribution in [0.3, 0.4) is 0 Å². The molecule has 0 saturated carbocycles. The molecule has 1 aromatic carbocycles. The Morgan fingerprint density at radius 1 is 1.50 bits per heavy atom. The molecule has 0 aliphatic rings. The fourth-order valence-corrected chi connectivity index (χ4v) is 2.35. The first kappa shape index (κ1) is 12.8. The lowest BCUT2D eigenvalue weighted by Gasteiger charge is -2.14. The normalized spacial score (nSPS) is 10.6. The van der Waals surface area contributed by atoms with E-state index in [1.807, 2.05) is 24.3 Å². The van der Waals surface area contributed by atoms with Crippen molar-refractivity contribution in [2.75, 3.05) is 18.2 Å². The number of nitrogens with zero attached hydrogens (tertiary/aromatic N) is 2. The molecule has 0 bridgehead atoms. The van der Waals surface area contributed by atoms with Crippen molar-refractivity contribution < 1.29 is 9.53 Å². The van der Waals surface area contributed by atoms with Crippen LogP contribution in [0.25, 0.3) is 10.2 Å². The third-order valence-corrected chi connectivity index (χ3v) is 3.49. The van der Waals surface area contributed by atoms with Crippen LogP contribution in [-0.4, -0.2) is 24.1 Å². The Balaban J connectivity index is 1.96. The summed E-state index contributed by atoms with van der Waals surface area (Å²) in [5.74, 6) is 5.66. The SMILES string of the molecule is CCC(=O)OCCN(N)c1nc2ccccc2s1. The number of benzene rings is 1. The number of thiazole rings is 1. The summed E-state index contributed by atoms with van der Waals surface area (Å²) in [6, 6.07) is 7.85. The highest BCUT2D eigenvalue weighted by Gasteiger charge is 2.09. The van der Waals surface area contributed by atoms with Gasteiger partial charge in [-0.25, -0.2) is 10.8 Å². The summed E-state index contributed by atoms with van der Waals surface area (Å²) in [6.07, 6.45) is 0.381. The number of carbonyl (C=O) groups excluding carboxylic acids is 1. The van der Waals surface area contributed by atoms with E-state index < -0.39 is 0 Å². The van der Waals surface area contributed by atoms with Gasteiger partial charge in [-0.3, -0.25) is 9.80 Å². The molecule has 2 aromatic rings. The van der Waals surface area contributed by atoms with Crippen LogP contribution in [0.5, 0.6) is 0 Å². The highest BCUT2D eigenvalue weighted by atomic mass is 32.1. The van der Waals surface area contributed by atoms with Crippen LogP contribution in [0.2, 0.25) is 0 Å². The van der Waals surface area contributed by atoms with Gasteiger partial charge in [0.2, 0.25) is 5.13 Å². The Bertz CT molecular complexity index is 508. The predicted octanol–water partition coefficient (Wildman–Crippen LogP) is 1.93. The Morgan fingerprint density at radius 3 is 3.00 bits per heavy atom. The summed E-state index contributed by atoms with van der Waals surface area (Å²) in [5.41, 5.74) is 0.929. The third-order valence-electron chi connectivity index (χ3n) is 2.41. The maximum absolute atomic E-state index is 11.0. The molecule has 1 heterocycles. The first-order valence-corrected chi connectivity index (χ1v) is 6.55. The molecule has 6 heteroatoms. The van der Waals surface area contributed by atoms with Crippen LogP contribution in [0.1, 0.15) is 13.3 Å². The van der Waals surface area contributed by atoms with Crippen LogP contribution in [0.15, 0.2) is 24.3 Å². The summed E-state index contributed by atoms with van der Waals surface area (Å²) < 4.78 is 6.06.